The Balaban J connectivity index is 1.82. The Hall–Kier alpha value is -3.34. The first-order valence-corrected chi connectivity index (χ1v) is 8.26. The van der Waals surface area contributed by atoms with Crippen molar-refractivity contribution in [2.75, 3.05) is 13.7 Å². The number of benzene rings is 2. The number of carbonyl (C=O) groups excluding carboxylic acids is 1. The van der Waals surface area contributed by atoms with Crippen LogP contribution in [0.5, 0.6) is 11.5 Å². The number of nitrogens with zero attached hydrogens (tertiary/aromatic N) is 1. The van der Waals surface area contributed by atoms with Gasteiger partial charge in [0.25, 0.3) is 0 Å². The lowest BCUT2D eigenvalue weighted by atomic mass is 10.1. The molecule has 2 aromatic rings. The molecule has 2 aromatic carbocycles. The van der Waals surface area contributed by atoms with Crippen LogP contribution in [-0.4, -0.2) is 25.6 Å². The fraction of sp³-hybridized carbons (Fsp3) is 0.143. The highest BCUT2D eigenvalue weighted by Crippen LogP contribution is 2.29. The minimum absolute atomic E-state index is 0.241. The van der Waals surface area contributed by atoms with E-state index in [4.69, 9.17) is 14.2 Å². The fourth-order valence-electron chi connectivity index (χ4n) is 2.44. The number of methoxy groups -OCH3 is 1. The zero-order chi connectivity index (χ0) is 18.4. The summed E-state index contributed by atoms with van der Waals surface area (Å²) in [5.41, 5.74) is 2.02. The van der Waals surface area contributed by atoms with Gasteiger partial charge in [-0.05, 0) is 42.3 Å². The summed E-state index contributed by atoms with van der Waals surface area (Å²) < 4.78 is 16.0. The molecule has 0 fully saturated rings. The Bertz CT molecular complexity index is 882. The second-order valence-corrected chi connectivity index (χ2v) is 5.46. The third-order valence-corrected chi connectivity index (χ3v) is 3.65. The summed E-state index contributed by atoms with van der Waals surface area (Å²) in [4.78, 5) is 16.3. The quantitative estimate of drug-likeness (QED) is 0.582. The van der Waals surface area contributed by atoms with E-state index >= 15 is 0 Å². The predicted molar refractivity (Wildman–Crippen MR) is 101 cm³/mol. The van der Waals surface area contributed by atoms with Crippen molar-refractivity contribution in [2.45, 2.75) is 6.92 Å². The SMILES string of the molecule is CCOc1cc(/C=C2N=C(/C=C/c3ccccc3)OC\2=O)ccc1OC. The van der Waals surface area contributed by atoms with Gasteiger partial charge in [-0.25, -0.2) is 9.79 Å². The molecule has 1 aliphatic rings. The highest BCUT2D eigenvalue weighted by atomic mass is 16.6. The molecule has 0 N–H and O–H groups in total. The molecule has 5 heteroatoms. The molecule has 0 spiro atoms. The summed E-state index contributed by atoms with van der Waals surface area (Å²) in [5, 5.41) is 0. The number of carbonyl (C=O) groups is 1. The van der Waals surface area contributed by atoms with Gasteiger partial charge in [0.1, 0.15) is 0 Å². The second-order valence-electron chi connectivity index (χ2n) is 5.46. The lowest BCUT2D eigenvalue weighted by molar-refractivity contribution is -0.129. The smallest absolute Gasteiger partial charge is 0.363 e. The van der Waals surface area contributed by atoms with Crippen LogP contribution in [0.1, 0.15) is 18.1 Å². The highest BCUT2D eigenvalue weighted by molar-refractivity contribution is 6.11. The Morgan fingerprint density at radius 1 is 1.04 bits per heavy atom. The summed E-state index contributed by atoms with van der Waals surface area (Å²) in [5.74, 6) is 1.04. The van der Waals surface area contributed by atoms with Crippen LogP contribution in [0, 0.1) is 0 Å². The van der Waals surface area contributed by atoms with Crippen molar-refractivity contribution in [3.05, 3.63) is 71.4 Å². The third-order valence-electron chi connectivity index (χ3n) is 3.65. The lowest BCUT2D eigenvalue weighted by Crippen LogP contribution is -2.01. The largest absolute Gasteiger partial charge is 0.493 e. The zero-order valence-electron chi connectivity index (χ0n) is 14.6. The second kappa shape index (κ2) is 8.16. The molecule has 3 rings (SSSR count). The van der Waals surface area contributed by atoms with Crippen molar-refractivity contribution in [3.63, 3.8) is 0 Å². The molecule has 132 valence electrons. The van der Waals surface area contributed by atoms with E-state index in [0.717, 1.165) is 11.1 Å². The van der Waals surface area contributed by atoms with Crippen LogP contribution in [0.4, 0.5) is 0 Å². The molecule has 26 heavy (non-hydrogen) atoms. The minimum atomic E-state index is -0.480. The van der Waals surface area contributed by atoms with E-state index in [0.29, 0.717) is 18.1 Å². The Labute approximate surface area is 152 Å². The van der Waals surface area contributed by atoms with Gasteiger partial charge < -0.3 is 14.2 Å². The number of cyclic esters (lactones) is 1. The van der Waals surface area contributed by atoms with Crippen molar-refractivity contribution in [3.8, 4) is 11.5 Å². The van der Waals surface area contributed by atoms with Crippen LogP contribution in [0.25, 0.3) is 12.2 Å². The molecule has 5 nitrogen and oxygen atoms in total. The van der Waals surface area contributed by atoms with Gasteiger partial charge in [-0.3, -0.25) is 0 Å². The Morgan fingerprint density at radius 3 is 2.58 bits per heavy atom. The van der Waals surface area contributed by atoms with Gasteiger partial charge in [0.05, 0.1) is 13.7 Å². The van der Waals surface area contributed by atoms with E-state index in [2.05, 4.69) is 4.99 Å². The lowest BCUT2D eigenvalue weighted by Gasteiger charge is -2.09. The van der Waals surface area contributed by atoms with Gasteiger partial charge in [0, 0.05) is 6.08 Å². The van der Waals surface area contributed by atoms with Crippen LogP contribution < -0.4 is 9.47 Å². The van der Waals surface area contributed by atoms with Crippen LogP contribution in [0.3, 0.4) is 0 Å². The van der Waals surface area contributed by atoms with Crippen molar-refractivity contribution >= 4 is 24.0 Å². The Morgan fingerprint density at radius 2 is 1.85 bits per heavy atom. The summed E-state index contributed by atoms with van der Waals surface area (Å²) in [6.45, 7) is 2.42. The predicted octanol–water partition coefficient (Wildman–Crippen LogP) is 4.10. The molecule has 1 aliphatic heterocycles. The van der Waals surface area contributed by atoms with Crippen LogP contribution >= 0.6 is 0 Å². The maximum absolute atomic E-state index is 12.0. The molecule has 0 bridgehead atoms. The summed E-state index contributed by atoms with van der Waals surface area (Å²) >= 11 is 0. The van der Waals surface area contributed by atoms with Crippen LogP contribution in [0.15, 0.2) is 65.3 Å². The van der Waals surface area contributed by atoms with Crippen LogP contribution in [0.2, 0.25) is 0 Å². The van der Waals surface area contributed by atoms with Crippen LogP contribution in [-0.2, 0) is 9.53 Å². The molecule has 1 heterocycles. The summed E-state index contributed by atoms with van der Waals surface area (Å²) in [6.07, 6.45) is 5.18. The standard InChI is InChI=1S/C21H19NO4/c1-3-25-19-14-16(9-11-18(19)24-2)13-17-21(23)26-20(22-17)12-10-15-7-5-4-6-8-15/h4-14H,3H2,1-2H3/b12-10+,17-13-. The van der Waals surface area contributed by atoms with Crippen molar-refractivity contribution in [2.24, 2.45) is 4.99 Å². The molecule has 0 aromatic heterocycles. The zero-order valence-corrected chi connectivity index (χ0v) is 14.6. The fourth-order valence-corrected chi connectivity index (χ4v) is 2.44. The van der Waals surface area contributed by atoms with E-state index in [-0.39, 0.29) is 11.6 Å². The molecule has 0 aliphatic carbocycles. The number of rotatable bonds is 6. The highest BCUT2D eigenvalue weighted by Gasteiger charge is 2.21. The molecule has 0 radical (unpaired) electrons. The average Bonchev–Trinajstić information content (AvgIpc) is 3.01. The van der Waals surface area contributed by atoms with Crippen molar-refractivity contribution in [1.82, 2.24) is 0 Å². The number of ether oxygens (including phenoxy) is 3. The van der Waals surface area contributed by atoms with Crippen molar-refractivity contribution in [1.29, 1.82) is 0 Å². The van der Waals surface area contributed by atoms with E-state index in [1.54, 1.807) is 31.4 Å². The summed E-state index contributed by atoms with van der Waals surface area (Å²) in [6, 6.07) is 15.1. The Kier molecular flexibility index (Phi) is 5.49. The third kappa shape index (κ3) is 4.19. The molecule has 0 unspecified atom stereocenters. The van der Waals surface area contributed by atoms with E-state index in [9.17, 15) is 4.79 Å². The van der Waals surface area contributed by atoms with Crippen molar-refractivity contribution < 1.29 is 19.0 Å². The average molecular weight is 349 g/mol. The maximum atomic E-state index is 12.0. The molecular weight excluding hydrogens is 330 g/mol. The van der Waals surface area contributed by atoms with Gasteiger partial charge in [-0.2, -0.15) is 0 Å². The normalized spacial score (nSPS) is 15.2. The van der Waals surface area contributed by atoms with Gasteiger partial charge in [-0.1, -0.05) is 36.4 Å². The first-order valence-electron chi connectivity index (χ1n) is 8.26. The molecule has 0 atom stereocenters. The van der Waals surface area contributed by atoms with Gasteiger partial charge >= 0.3 is 5.97 Å². The molecular formula is C21H19NO4. The first kappa shape index (κ1) is 17.5. The van der Waals surface area contributed by atoms with Gasteiger partial charge in [0.15, 0.2) is 17.2 Å². The topological polar surface area (TPSA) is 57.1 Å². The van der Waals surface area contributed by atoms with Gasteiger partial charge in [-0.15, -0.1) is 0 Å². The monoisotopic (exact) mass is 349 g/mol. The van der Waals surface area contributed by atoms with E-state index in [1.807, 2.05) is 49.4 Å². The van der Waals surface area contributed by atoms with Gasteiger partial charge in [0.2, 0.25) is 5.90 Å². The maximum Gasteiger partial charge on any atom is 0.363 e. The molecule has 0 saturated carbocycles. The minimum Gasteiger partial charge on any atom is -0.493 e. The summed E-state index contributed by atoms with van der Waals surface area (Å²) in [7, 11) is 1.58. The number of aliphatic imine (C=N–C) groups is 1. The molecule has 0 saturated heterocycles. The first-order chi connectivity index (χ1) is 12.7. The number of hydrogen-bond acceptors (Lipinski definition) is 5. The van der Waals surface area contributed by atoms with E-state index < -0.39 is 5.97 Å². The number of hydrogen-bond donors (Lipinski definition) is 0. The van der Waals surface area contributed by atoms with E-state index in [1.165, 1.54) is 0 Å². The number of esters is 1. The molecule has 0 amide bonds.